The first-order valence-corrected chi connectivity index (χ1v) is 3.99. The second-order valence-corrected chi connectivity index (χ2v) is 2.84. The average molecular weight is 219 g/mol. The van der Waals surface area contributed by atoms with E-state index in [4.69, 9.17) is 5.73 Å². The molecule has 1 heterocycles. The summed E-state index contributed by atoms with van der Waals surface area (Å²) in [6, 6.07) is 3.34. The van der Waals surface area contributed by atoms with E-state index in [2.05, 4.69) is 20.9 Å². The molecule has 60 valence electrons. The molecule has 0 aliphatic carbocycles. The molecule has 1 rings (SSSR count). The summed E-state index contributed by atoms with van der Waals surface area (Å²) in [5, 5.41) is 0. The van der Waals surface area contributed by atoms with Crippen LogP contribution in [0.25, 0.3) is 0 Å². The Morgan fingerprint density at radius 2 is 2.45 bits per heavy atom. The standard InChI is InChI=1S/C7H8BrFN2/c8-7-5(6(9)4-10)2-1-3-11-7/h1-3,6H,4,10H2. The largest absolute Gasteiger partial charge is 0.327 e. The van der Waals surface area contributed by atoms with Gasteiger partial charge in [0, 0.05) is 18.3 Å². The van der Waals surface area contributed by atoms with E-state index in [9.17, 15) is 4.39 Å². The van der Waals surface area contributed by atoms with Crippen LogP contribution in [0.15, 0.2) is 22.9 Å². The Kier molecular flexibility index (Phi) is 2.96. The molecular weight excluding hydrogens is 211 g/mol. The van der Waals surface area contributed by atoms with E-state index >= 15 is 0 Å². The van der Waals surface area contributed by atoms with Gasteiger partial charge in [0.15, 0.2) is 0 Å². The number of hydrogen-bond donors (Lipinski definition) is 1. The normalized spacial score (nSPS) is 13.0. The van der Waals surface area contributed by atoms with Crippen LogP contribution in [0.1, 0.15) is 11.7 Å². The number of rotatable bonds is 2. The number of alkyl halides is 1. The predicted octanol–water partition coefficient (Wildman–Crippen LogP) is 1.81. The summed E-state index contributed by atoms with van der Waals surface area (Å²) in [5.74, 6) is 0. The Morgan fingerprint density at radius 3 is 3.00 bits per heavy atom. The molecule has 0 spiro atoms. The third-order valence-corrected chi connectivity index (χ3v) is 1.99. The maximum absolute atomic E-state index is 12.9. The monoisotopic (exact) mass is 218 g/mol. The van der Waals surface area contributed by atoms with Crippen molar-refractivity contribution < 1.29 is 4.39 Å². The number of pyridine rings is 1. The molecule has 0 radical (unpaired) electrons. The van der Waals surface area contributed by atoms with Crippen molar-refractivity contribution in [2.24, 2.45) is 5.73 Å². The van der Waals surface area contributed by atoms with Crippen LogP contribution in [0.3, 0.4) is 0 Å². The Morgan fingerprint density at radius 1 is 1.73 bits per heavy atom. The van der Waals surface area contributed by atoms with Crippen molar-refractivity contribution in [2.45, 2.75) is 6.17 Å². The lowest BCUT2D eigenvalue weighted by atomic mass is 10.2. The van der Waals surface area contributed by atoms with E-state index in [0.717, 1.165) is 0 Å². The molecule has 1 aromatic rings. The summed E-state index contributed by atoms with van der Waals surface area (Å²) in [4.78, 5) is 3.87. The van der Waals surface area contributed by atoms with Gasteiger partial charge in [-0.3, -0.25) is 0 Å². The fourth-order valence-electron chi connectivity index (χ4n) is 0.759. The van der Waals surface area contributed by atoms with Gasteiger partial charge in [-0.15, -0.1) is 0 Å². The lowest BCUT2D eigenvalue weighted by Gasteiger charge is -2.05. The zero-order chi connectivity index (χ0) is 8.27. The van der Waals surface area contributed by atoms with Crippen molar-refractivity contribution in [3.63, 3.8) is 0 Å². The number of nitrogens with two attached hydrogens (primary N) is 1. The van der Waals surface area contributed by atoms with Crippen LogP contribution in [0.4, 0.5) is 4.39 Å². The van der Waals surface area contributed by atoms with Crippen molar-refractivity contribution in [3.8, 4) is 0 Å². The topological polar surface area (TPSA) is 38.9 Å². The van der Waals surface area contributed by atoms with Gasteiger partial charge in [0.05, 0.1) is 0 Å². The summed E-state index contributed by atoms with van der Waals surface area (Å²) in [7, 11) is 0. The van der Waals surface area contributed by atoms with Gasteiger partial charge in [-0.2, -0.15) is 0 Å². The highest BCUT2D eigenvalue weighted by atomic mass is 79.9. The molecule has 2 N–H and O–H groups in total. The van der Waals surface area contributed by atoms with E-state index in [1.165, 1.54) is 0 Å². The average Bonchev–Trinajstić information content (AvgIpc) is 2.04. The first kappa shape index (κ1) is 8.62. The van der Waals surface area contributed by atoms with E-state index in [0.29, 0.717) is 10.2 Å². The van der Waals surface area contributed by atoms with E-state index in [-0.39, 0.29) is 6.54 Å². The second kappa shape index (κ2) is 3.78. The second-order valence-electron chi connectivity index (χ2n) is 2.09. The van der Waals surface area contributed by atoms with E-state index in [1.54, 1.807) is 18.3 Å². The Bertz CT molecular complexity index is 242. The van der Waals surface area contributed by atoms with E-state index < -0.39 is 6.17 Å². The minimum atomic E-state index is -1.13. The fraction of sp³-hybridized carbons (Fsp3) is 0.286. The van der Waals surface area contributed by atoms with Crippen LogP contribution >= 0.6 is 15.9 Å². The Balaban J connectivity index is 2.93. The van der Waals surface area contributed by atoms with Gasteiger partial charge >= 0.3 is 0 Å². The molecule has 0 amide bonds. The molecule has 0 bridgehead atoms. The zero-order valence-corrected chi connectivity index (χ0v) is 7.38. The predicted molar refractivity (Wildman–Crippen MR) is 44.8 cm³/mol. The van der Waals surface area contributed by atoms with Crippen LogP contribution in [-0.2, 0) is 0 Å². The van der Waals surface area contributed by atoms with Crippen molar-refractivity contribution in [2.75, 3.05) is 6.54 Å². The fourth-order valence-corrected chi connectivity index (χ4v) is 1.26. The highest BCUT2D eigenvalue weighted by molar-refractivity contribution is 9.10. The lowest BCUT2D eigenvalue weighted by molar-refractivity contribution is 0.350. The Labute approximate surface area is 72.8 Å². The summed E-state index contributed by atoms with van der Waals surface area (Å²) in [6.45, 7) is -0.00963. The van der Waals surface area contributed by atoms with Gasteiger partial charge in [-0.05, 0) is 22.0 Å². The number of hydrogen-bond acceptors (Lipinski definition) is 2. The minimum Gasteiger partial charge on any atom is -0.327 e. The third kappa shape index (κ3) is 1.97. The first-order valence-electron chi connectivity index (χ1n) is 3.20. The Hall–Kier alpha value is -0.480. The molecule has 0 aliphatic heterocycles. The van der Waals surface area contributed by atoms with Crippen molar-refractivity contribution in [1.82, 2.24) is 4.98 Å². The van der Waals surface area contributed by atoms with E-state index in [1.807, 2.05) is 0 Å². The maximum atomic E-state index is 12.9. The molecule has 1 aromatic heterocycles. The van der Waals surface area contributed by atoms with Gasteiger partial charge in [-0.25, -0.2) is 9.37 Å². The molecule has 0 aromatic carbocycles. The zero-order valence-electron chi connectivity index (χ0n) is 5.80. The minimum absolute atomic E-state index is 0.00963. The summed E-state index contributed by atoms with van der Waals surface area (Å²) < 4.78 is 13.5. The third-order valence-electron chi connectivity index (χ3n) is 1.33. The summed E-state index contributed by atoms with van der Waals surface area (Å²) >= 11 is 3.13. The molecular formula is C7H8BrFN2. The molecule has 0 fully saturated rings. The number of nitrogens with zero attached hydrogens (tertiary/aromatic N) is 1. The molecule has 0 saturated carbocycles. The van der Waals surface area contributed by atoms with Crippen molar-refractivity contribution in [3.05, 3.63) is 28.5 Å². The molecule has 11 heavy (non-hydrogen) atoms. The maximum Gasteiger partial charge on any atom is 0.140 e. The summed E-state index contributed by atoms with van der Waals surface area (Å²) in [6.07, 6.45) is 0.467. The van der Waals surface area contributed by atoms with Gasteiger partial charge in [0.2, 0.25) is 0 Å². The van der Waals surface area contributed by atoms with Crippen LogP contribution in [0.2, 0.25) is 0 Å². The number of halogens is 2. The van der Waals surface area contributed by atoms with Gasteiger partial charge < -0.3 is 5.73 Å². The van der Waals surface area contributed by atoms with Gasteiger partial charge in [0.25, 0.3) is 0 Å². The number of aromatic nitrogens is 1. The quantitative estimate of drug-likeness (QED) is 0.770. The van der Waals surface area contributed by atoms with Crippen LogP contribution in [0, 0.1) is 0 Å². The van der Waals surface area contributed by atoms with Gasteiger partial charge in [0.1, 0.15) is 10.8 Å². The molecule has 4 heteroatoms. The smallest absolute Gasteiger partial charge is 0.140 e. The van der Waals surface area contributed by atoms with Crippen LogP contribution in [-0.4, -0.2) is 11.5 Å². The first-order chi connectivity index (χ1) is 5.25. The summed E-state index contributed by atoms with van der Waals surface area (Å²) in [5.41, 5.74) is 5.66. The molecule has 0 saturated heterocycles. The van der Waals surface area contributed by atoms with Crippen LogP contribution in [0.5, 0.6) is 0 Å². The molecule has 1 atom stereocenters. The molecule has 2 nitrogen and oxygen atoms in total. The molecule has 0 aliphatic rings. The van der Waals surface area contributed by atoms with Gasteiger partial charge in [-0.1, -0.05) is 6.07 Å². The van der Waals surface area contributed by atoms with Crippen LogP contribution < -0.4 is 5.73 Å². The lowest BCUT2D eigenvalue weighted by Crippen LogP contribution is -2.08. The van der Waals surface area contributed by atoms with Crippen molar-refractivity contribution >= 4 is 15.9 Å². The molecule has 1 unspecified atom stereocenters. The highest BCUT2D eigenvalue weighted by Crippen LogP contribution is 2.22. The highest BCUT2D eigenvalue weighted by Gasteiger charge is 2.10. The van der Waals surface area contributed by atoms with Crippen molar-refractivity contribution in [1.29, 1.82) is 0 Å². The SMILES string of the molecule is NCC(F)c1cccnc1Br.